The Morgan fingerprint density at radius 1 is 0.732 bits per heavy atom. The molecule has 0 N–H and O–H groups in total. The molecule has 0 amide bonds. The number of nitrogens with zero attached hydrogens (tertiary/aromatic N) is 3. The summed E-state index contributed by atoms with van der Waals surface area (Å²) in [5.41, 5.74) is 3.14. The van der Waals surface area contributed by atoms with Gasteiger partial charge in [-0.15, -0.1) is 0 Å². The Morgan fingerprint density at radius 3 is 2.17 bits per heavy atom. The number of rotatable bonds is 14. The van der Waals surface area contributed by atoms with Crippen molar-refractivity contribution in [2.24, 2.45) is 0 Å². The molecule has 0 radical (unpaired) electrons. The molecule has 5 nitrogen and oxygen atoms in total. The van der Waals surface area contributed by atoms with E-state index in [1.165, 1.54) is 10.8 Å². The van der Waals surface area contributed by atoms with Crippen molar-refractivity contribution in [1.82, 2.24) is 14.5 Å². The Hall–Kier alpha value is -4.09. The summed E-state index contributed by atoms with van der Waals surface area (Å²) < 4.78 is 14.4. The van der Waals surface area contributed by atoms with Gasteiger partial charge in [0.05, 0.1) is 12.3 Å². The van der Waals surface area contributed by atoms with Crippen LogP contribution in [0.1, 0.15) is 45.9 Å². The zero-order valence-corrected chi connectivity index (χ0v) is 24.6. The van der Waals surface area contributed by atoms with E-state index in [9.17, 15) is 0 Å². The molecule has 0 aliphatic rings. The summed E-state index contributed by atoms with van der Waals surface area (Å²) in [4.78, 5) is 7.46. The van der Waals surface area contributed by atoms with Crippen molar-refractivity contribution in [3.8, 4) is 34.2 Å². The van der Waals surface area contributed by atoms with Crippen LogP contribution >= 0.6 is 0 Å². The molecule has 1 heterocycles. The molecule has 0 fully saturated rings. The zero-order chi connectivity index (χ0) is 28.4. The van der Waals surface area contributed by atoms with Crippen molar-refractivity contribution < 1.29 is 9.47 Å². The molecule has 0 saturated heterocycles. The minimum Gasteiger partial charge on any atom is -0.494 e. The van der Waals surface area contributed by atoms with E-state index in [1.54, 1.807) is 0 Å². The van der Waals surface area contributed by atoms with Crippen LogP contribution in [0.2, 0.25) is 0 Å². The molecule has 0 atom stereocenters. The molecule has 5 rings (SSSR count). The molecule has 0 spiro atoms. The van der Waals surface area contributed by atoms with Crippen LogP contribution in [0.4, 0.5) is 0 Å². The van der Waals surface area contributed by atoms with E-state index < -0.39 is 0 Å². The molecule has 0 aliphatic carbocycles. The lowest BCUT2D eigenvalue weighted by molar-refractivity contribution is 0.249. The van der Waals surface area contributed by atoms with Gasteiger partial charge < -0.3 is 18.9 Å². The normalized spacial score (nSPS) is 11.3. The first-order valence-electron chi connectivity index (χ1n) is 15.0. The first kappa shape index (κ1) is 28.4. The Labute approximate surface area is 244 Å². The summed E-state index contributed by atoms with van der Waals surface area (Å²) in [5, 5.41) is 2.38. The standard InChI is InChI=1S/C36H41N3O2/c1-4-7-13-36-37-35(29-15-19-32(20-16-29)40-25-10-24-38(5-2)6-3)27-39(36)31-17-22-33(23-18-31)41-34-21-14-28-11-8-9-12-30(28)26-34/h8-9,11-12,14-23,26-27H,4-7,10,13,24-25H2,1-3H3. The molecule has 5 heteroatoms. The largest absolute Gasteiger partial charge is 0.494 e. The lowest BCUT2D eigenvalue weighted by Gasteiger charge is -2.17. The van der Waals surface area contributed by atoms with Crippen molar-refractivity contribution >= 4 is 10.8 Å². The first-order chi connectivity index (χ1) is 20.2. The fraction of sp³-hybridized carbons (Fsp3) is 0.306. The van der Waals surface area contributed by atoms with Crippen LogP contribution in [0.5, 0.6) is 17.2 Å². The molecular formula is C36H41N3O2. The van der Waals surface area contributed by atoms with Crippen LogP contribution in [0, 0.1) is 0 Å². The number of hydrogen-bond donors (Lipinski definition) is 0. The van der Waals surface area contributed by atoms with Crippen LogP contribution in [0.15, 0.2) is 97.2 Å². The molecule has 212 valence electrons. The van der Waals surface area contributed by atoms with Crippen molar-refractivity contribution in [2.45, 2.75) is 46.5 Å². The number of imidazole rings is 1. The van der Waals surface area contributed by atoms with Gasteiger partial charge in [0, 0.05) is 30.4 Å². The van der Waals surface area contributed by atoms with Gasteiger partial charge in [-0.3, -0.25) is 0 Å². The molecule has 0 saturated carbocycles. The van der Waals surface area contributed by atoms with E-state index in [0.717, 1.165) is 91.9 Å². The van der Waals surface area contributed by atoms with Gasteiger partial charge in [-0.25, -0.2) is 4.98 Å². The summed E-state index contributed by atoms with van der Waals surface area (Å²) in [7, 11) is 0. The topological polar surface area (TPSA) is 39.5 Å². The second-order valence-corrected chi connectivity index (χ2v) is 10.4. The SMILES string of the molecule is CCCCc1nc(-c2ccc(OCCCN(CC)CC)cc2)cn1-c1ccc(Oc2ccc3ccccc3c2)cc1. The third-order valence-electron chi connectivity index (χ3n) is 7.54. The summed E-state index contributed by atoms with van der Waals surface area (Å²) in [6.07, 6.45) is 6.32. The molecule has 4 aromatic carbocycles. The highest BCUT2D eigenvalue weighted by Crippen LogP contribution is 2.28. The monoisotopic (exact) mass is 547 g/mol. The molecule has 0 bridgehead atoms. The minimum absolute atomic E-state index is 0.728. The van der Waals surface area contributed by atoms with Crippen LogP contribution in [0.25, 0.3) is 27.7 Å². The number of benzene rings is 4. The van der Waals surface area contributed by atoms with E-state index in [1.807, 2.05) is 24.3 Å². The summed E-state index contributed by atoms with van der Waals surface area (Å²) in [6, 6.07) is 31.1. The fourth-order valence-corrected chi connectivity index (χ4v) is 5.07. The second kappa shape index (κ2) is 14.0. The predicted octanol–water partition coefficient (Wildman–Crippen LogP) is 8.94. The number of fused-ring (bicyclic) bond motifs is 1. The summed E-state index contributed by atoms with van der Waals surface area (Å²) in [5.74, 6) is 3.62. The van der Waals surface area contributed by atoms with E-state index >= 15 is 0 Å². The van der Waals surface area contributed by atoms with Crippen LogP contribution in [-0.4, -0.2) is 40.7 Å². The Morgan fingerprint density at radius 2 is 1.44 bits per heavy atom. The van der Waals surface area contributed by atoms with Gasteiger partial charge in [0.25, 0.3) is 0 Å². The lowest BCUT2D eigenvalue weighted by Crippen LogP contribution is -2.25. The average Bonchev–Trinajstić information content (AvgIpc) is 3.45. The van der Waals surface area contributed by atoms with E-state index in [-0.39, 0.29) is 0 Å². The maximum absolute atomic E-state index is 6.18. The number of aryl methyl sites for hydroxylation is 1. The number of ether oxygens (including phenoxy) is 2. The quantitative estimate of drug-likeness (QED) is 0.130. The Balaban J connectivity index is 1.28. The minimum atomic E-state index is 0.728. The van der Waals surface area contributed by atoms with Gasteiger partial charge in [0.15, 0.2) is 0 Å². The van der Waals surface area contributed by atoms with Gasteiger partial charge in [-0.2, -0.15) is 0 Å². The highest BCUT2D eigenvalue weighted by Gasteiger charge is 2.12. The molecule has 41 heavy (non-hydrogen) atoms. The summed E-state index contributed by atoms with van der Waals surface area (Å²) >= 11 is 0. The average molecular weight is 548 g/mol. The predicted molar refractivity (Wildman–Crippen MR) is 170 cm³/mol. The number of hydrogen-bond acceptors (Lipinski definition) is 4. The Bertz CT molecular complexity index is 1520. The van der Waals surface area contributed by atoms with E-state index in [4.69, 9.17) is 14.5 Å². The smallest absolute Gasteiger partial charge is 0.128 e. The van der Waals surface area contributed by atoms with Gasteiger partial charge in [-0.05, 0) is 97.4 Å². The third-order valence-corrected chi connectivity index (χ3v) is 7.54. The van der Waals surface area contributed by atoms with Crippen molar-refractivity contribution in [3.05, 3.63) is 103 Å². The third kappa shape index (κ3) is 7.36. The van der Waals surface area contributed by atoms with Gasteiger partial charge in [0.1, 0.15) is 23.1 Å². The maximum Gasteiger partial charge on any atom is 0.128 e. The van der Waals surface area contributed by atoms with Crippen molar-refractivity contribution in [1.29, 1.82) is 0 Å². The maximum atomic E-state index is 6.18. The number of unbranched alkanes of at least 4 members (excludes halogenated alkanes) is 1. The fourth-order valence-electron chi connectivity index (χ4n) is 5.07. The lowest BCUT2D eigenvalue weighted by atomic mass is 10.1. The highest BCUT2D eigenvalue weighted by atomic mass is 16.5. The molecule has 0 aliphatic heterocycles. The van der Waals surface area contributed by atoms with Gasteiger partial charge >= 0.3 is 0 Å². The highest BCUT2D eigenvalue weighted by molar-refractivity contribution is 5.83. The molecule has 1 aromatic heterocycles. The molecule has 0 unspecified atom stereocenters. The summed E-state index contributed by atoms with van der Waals surface area (Å²) in [6.45, 7) is 10.6. The van der Waals surface area contributed by atoms with Gasteiger partial charge in [-0.1, -0.05) is 57.5 Å². The number of aromatic nitrogens is 2. The first-order valence-corrected chi connectivity index (χ1v) is 15.0. The van der Waals surface area contributed by atoms with Gasteiger partial charge in [0.2, 0.25) is 0 Å². The molecule has 5 aromatic rings. The molecular weight excluding hydrogens is 506 g/mol. The zero-order valence-electron chi connectivity index (χ0n) is 24.6. The van der Waals surface area contributed by atoms with Crippen molar-refractivity contribution in [2.75, 3.05) is 26.2 Å². The second-order valence-electron chi connectivity index (χ2n) is 10.4. The van der Waals surface area contributed by atoms with Crippen LogP contribution < -0.4 is 9.47 Å². The van der Waals surface area contributed by atoms with E-state index in [2.05, 4.69) is 103 Å². The van der Waals surface area contributed by atoms with E-state index in [0.29, 0.717) is 0 Å². The van der Waals surface area contributed by atoms with Crippen molar-refractivity contribution in [3.63, 3.8) is 0 Å². The Kier molecular flexibility index (Phi) is 9.71. The van der Waals surface area contributed by atoms with Crippen LogP contribution in [0.3, 0.4) is 0 Å². The van der Waals surface area contributed by atoms with Crippen LogP contribution in [-0.2, 0) is 6.42 Å².